The van der Waals surface area contributed by atoms with Gasteiger partial charge < -0.3 is 4.74 Å². The Balaban J connectivity index is 2.03. The molecule has 0 aliphatic rings. The fourth-order valence-electron chi connectivity index (χ4n) is 1.64. The molecule has 1 N–H and O–H groups in total. The molecule has 0 unspecified atom stereocenters. The number of carbonyl (C=O) groups excluding carboxylic acids is 1. The summed E-state index contributed by atoms with van der Waals surface area (Å²) in [7, 11) is -2.22. The Bertz CT molecular complexity index is 761. The quantitative estimate of drug-likeness (QED) is 0.796. The van der Waals surface area contributed by atoms with Gasteiger partial charge >= 0.3 is 6.09 Å². The average Bonchev–Trinajstić information content (AvgIpc) is 2.97. The van der Waals surface area contributed by atoms with Crippen LogP contribution in [0.15, 0.2) is 34.7 Å². The van der Waals surface area contributed by atoms with Crippen LogP contribution in [0.2, 0.25) is 0 Å². The molecule has 10 heteroatoms. The van der Waals surface area contributed by atoms with Crippen molar-refractivity contribution in [3.8, 4) is 5.75 Å². The molecule has 0 saturated heterocycles. The molecule has 0 atom stereocenters. The van der Waals surface area contributed by atoms with Gasteiger partial charge in [-0.25, -0.2) is 13.2 Å². The molecule has 0 spiro atoms. The van der Waals surface area contributed by atoms with Gasteiger partial charge in [-0.3, -0.25) is 5.32 Å². The molecular weight excluding hydrogens is 340 g/mol. The van der Waals surface area contributed by atoms with Gasteiger partial charge in [0.15, 0.2) is 0 Å². The Kier molecular flexibility index (Phi) is 5.64. The van der Waals surface area contributed by atoms with E-state index in [4.69, 9.17) is 4.74 Å². The lowest BCUT2D eigenvalue weighted by atomic mass is 10.3. The van der Waals surface area contributed by atoms with Gasteiger partial charge in [0.05, 0.1) is 0 Å². The molecular formula is C13H16N4O4S2. The number of para-hydroxylation sites is 1. The first kappa shape index (κ1) is 17.3. The van der Waals surface area contributed by atoms with Gasteiger partial charge in [0.2, 0.25) is 9.47 Å². The first-order valence-corrected chi connectivity index (χ1v) is 9.03. The van der Waals surface area contributed by atoms with E-state index in [1.807, 2.05) is 6.92 Å². The van der Waals surface area contributed by atoms with Crippen molar-refractivity contribution in [1.82, 2.24) is 14.5 Å². The summed E-state index contributed by atoms with van der Waals surface area (Å²) in [6.45, 7) is 2.25. The number of rotatable bonds is 6. The van der Waals surface area contributed by atoms with Gasteiger partial charge in [-0.15, -0.1) is 10.2 Å². The molecule has 0 saturated carbocycles. The standard InChI is InChI=1S/C13H16N4O4S2/c1-3-9-17(2)23(19,20)13-16-15-11(22-13)14-12(18)21-10-7-5-4-6-8-10/h4-8H,3,9H2,1-2H3,(H,14,15,18). The number of amides is 1. The van der Waals surface area contributed by atoms with Crippen LogP contribution in [0.5, 0.6) is 5.75 Å². The lowest BCUT2D eigenvalue weighted by molar-refractivity contribution is 0.215. The zero-order chi connectivity index (χ0) is 16.9. The molecule has 1 amide bonds. The van der Waals surface area contributed by atoms with Crippen molar-refractivity contribution >= 4 is 32.6 Å². The third kappa shape index (κ3) is 4.47. The van der Waals surface area contributed by atoms with Gasteiger partial charge in [-0.1, -0.05) is 36.5 Å². The molecule has 0 bridgehead atoms. The molecule has 1 aromatic heterocycles. The van der Waals surface area contributed by atoms with Crippen LogP contribution in [0.3, 0.4) is 0 Å². The monoisotopic (exact) mass is 356 g/mol. The Hall–Kier alpha value is -2.04. The molecule has 0 fully saturated rings. The minimum atomic E-state index is -3.69. The second kappa shape index (κ2) is 7.49. The molecule has 124 valence electrons. The topological polar surface area (TPSA) is 101 Å². The third-order valence-electron chi connectivity index (χ3n) is 2.74. The maximum atomic E-state index is 12.2. The molecule has 2 rings (SSSR count). The van der Waals surface area contributed by atoms with Crippen molar-refractivity contribution in [2.24, 2.45) is 0 Å². The molecule has 0 radical (unpaired) electrons. The Morgan fingerprint density at radius 3 is 2.65 bits per heavy atom. The van der Waals surface area contributed by atoms with Gasteiger partial charge in [0.25, 0.3) is 10.0 Å². The van der Waals surface area contributed by atoms with Crippen LogP contribution < -0.4 is 10.1 Å². The van der Waals surface area contributed by atoms with E-state index in [1.165, 1.54) is 11.4 Å². The van der Waals surface area contributed by atoms with E-state index in [2.05, 4.69) is 15.5 Å². The van der Waals surface area contributed by atoms with Crippen LogP contribution in [0.4, 0.5) is 9.93 Å². The van der Waals surface area contributed by atoms with Gasteiger partial charge in [0.1, 0.15) is 5.75 Å². The SMILES string of the molecule is CCCN(C)S(=O)(=O)c1nnc(NC(=O)Oc2ccccc2)s1. The zero-order valence-corrected chi connectivity index (χ0v) is 14.2. The molecule has 23 heavy (non-hydrogen) atoms. The lowest BCUT2D eigenvalue weighted by Crippen LogP contribution is -2.27. The number of ether oxygens (including phenoxy) is 1. The minimum absolute atomic E-state index is 0.0504. The maximum Gasteiger partial charge on any atom is 0.418 e. The third-order valence-corrected chi connectivity index (χ3v) is 5.78. The fraction of sp³-hybridized carbons (Fsp3) is 0.308. The number of nitrogens with one attached hydrogen (secondary N) is 1. The highest BCUT2D eigenvalue weighted by molar-refractivity contribution is 7.91. The number of benzene rings is 1. The summed E-state index contributed by atoms with van der Waals surface area (Å²) in [5.74, 6) is 0.366. The van der Waals surface area contributed by atoms with Crippen LogP contribution in [0.25, 0.3) is 0 Å². The van der Waals surface area contributed by atoms with Crippen LogP contribution in [-0.4, -0.2) is 42.6 Å². The number of nitrogens with zero attached hydrogens (tertiary/aromatic N) is 3. The fourth-order valence-corrected chi connectivity index (χ4v) is 3.98. The van der Waals surface area contributed by atoms with E-state index in [0.717, 1.165) is 11.3 Å². The second-order valence-corrected chi connectivity index (χ2v) is 7.72. The van der Waals surface area contributed by atoms with E-state index >= 15 is 0 Å². The summed E-state index contributed by atoms with van der Waals surface area (Å²) >= 11 is 0.769. The van der Waals surface area contributed by atoms with E-state index in [9.17, 15) is 13.2 Å². The average molecular weight is 356 g/mol. The van der Waals surface area contributed by atoms with Gasteiger partial charge in [0, 0.05) is 13.6 Å². The molecule has 0 aliphatic carbocycles. The van der Waals surface area contributed by atoms with E-state index in [1.54, 1.807) is 30.3 Å². The van der Waals surface area contributed by atoms with Crippen LogP contribution in [0, 0.1) is 0 Å². The van der Waals surface area contributed by atoms with E-state index in [-0.39, 0.29) is 9.47 Å². The number of carbonyl (C=O) groups is 1. The van der Waals surface area contributed by atoms with E-state index in [0.29, 0.717) is 18.7 Å². The highest BCUT2D eigenvalue weighted by Crippen LogP contribution is 2.23. The van der Waals surface area contributed by atoms with Crippen LogP contribution in [0.1, 0.15) is 13.3 Å². The summed E-state index contributed by atoms with van der Waals surface area (Å²) in [5.41, 5.74) is 0. The summed E-state index contributed by atoms with van der Waals surface area (Å²) in [4.78, 5) is 11.7. The predicted molar refractivity (Wildman–Crippen MR) is 86.1 cm³/mol. The highest BCUT2D eigenvalue weighted by Gasteiger charge is 2.25. The molecule has 2 aromatic rings. The summed E-state index contributed by atoms with van der Waals surface area (Å²) < 4.78 is 30.4. The zero-order valence-electron chi connectivity index (χ0n) is 12.6. The molecule has 1 aromatic carbocycles. The van der Waals surface area contributed by atoms with Crippen molar-refractivity contribution in [1.29, 1.82) is 0 Å². The Labute approximate surface area is 138 Å². The molecule has 1 heterocycles. The first-order valence-electron chi connectivity index (χ1n) is 6.77. The number of sulfonamides is 1. The van der Waals surface area contributed by atoms with Crippen LogP contribution >= 0.6 is 11.3 Å². The smallest absolute Gasteiger partial charge is 0.410 e. The number of hydrogen-bond donors (Lipinski definition) is 1. The number of hydrogen-bond acceptors (Lipinski definition) is 7. The van der Waals surface area contributed by atoms with Crippen molar-refractivity contribution in [2.75, 3.05) is 18.9 Å². The normalized spacial score (nSPS) is 11.4. The first-order chi connectivity index (χ1) is 10.9. The van der Waals surface area contributed by atoms with Crippen molar-refractivity contribution in [3.63, 3.8) is 0 Å². The number of aromatic nitrogens is 2. The largest absolute Gasteiger partial charge is 0.418 e. The lowest BCUT2D eigenvalue weighted by Gasteiger charge is -2.12. The minimum Gasteiger partial charge on any atom is -0.410 e. The van der Waals surface area contributed by atoms with Crippen molar-refractivity contribution in [3.05, 3.63) is 30.3 Å². The second-order valence-electron chi connectivity index (χ2n) is 4.53. The van der Waals surface area contributed by atoms with E-state index < -0.39 is 16.1 Å². The summed E-state index contributed by atoms with van der Waals surface area (Å²) in [6.07, 6.45) is -0.0820. The highest BCUT2D eigenvalue weighted by atomic mass is 32.2. The van der Waals surface area contributed by atoms with Crippen LogP contribution in [-0.2, 0) is 10.0 Å². The Morgan fingerprint density at radius 1 is 1.30 bits per heavy atom. The van der Waals surface area contributed by atoms with Gasteiger partial charge in [-0.05, 0) is 18.6 Å². The maximum absolute atomic E-state index is 12.2. The molecule has 8 nitrogen and oxygen atoms in total. The van der Waals surface area contributed by atoms with Crippen molar-refractivity contribution < 1.29 is 17.9 Å². The Morgan fingerprint density at radius 2 is 2.00 bits per heavy atom. The summed E-state index contributed by atoms with van der Waals surface area (Å²) in [6, 6.07) is 8.48. The number of anilines is 1. The van der Waals surface area contributed by atoms with Crippen molar-refractivity contribution in [2.45, 2.75) is 17.7 Å². The molecule has 0 aliphatic heterocycles. The van der Waals surface area contributed by atoms with Gasteiger partial charge in [-0.2, -0.15) is 4.31 Å². The predicted octanol–water partition coefficient (Wildman–Crippen LogP) is 2.18. The summed E-state index contributed by atoms with van der Waals surface area (Å²) in [5, 5.41) is 9.68.